The summed E-state index contributed by atoms with van der Waals surface area (Å²) in [6.45, 7) is 4.10. The molecule has 140 valence electrons. The molecule has 0 aromatic carbocycles. The predicted molar refractivity (Wildman–Crippen MR) is 97.5 cm³/mol. The van der Waals surface area contributed by atoms with Crippen molar-refractivity contribution in [2.75, 3.05) is 6.61 Å². The third-order valence-corrected chi connectivity index (χ3v) is 3.97. The van der Waals surface area contributed by atoms with Crippen molar-refractivity contribution in [3.05, 3.63) is 0 Å². The van der Waals surface area contributed by atoms with E-state index in [-0.39, 0.29) is 6.61 Å². The van der Waals surface area contributed by atoms with E-state index in [1.165, 1.54) is 44.9 Å². The summed E-state index contributed by atoms with van der Waals surface area (Å²) in [7, 11) is 0. The first-order valence-electron chi connectivity index (χ1n) is 9.61. The van der Waals surface area contributed by atoms with Gasteiger partial charge in [-0.3, -0.25) is 0 Å². The molecule has 0 fully saturated rings. The van der Waals surface area contributed by atoms with Crippen molar-refractivity contribution in [2.24, 2.45) is 0 Å². The van der Waals surface area contributed by atoms with Crippen LogP contribution in [0.15, 0.2) is 0 Å². The van der Waals surface area contributed by atoms with Gasteiger partial charge in [-0.25, -0.2) is 4.79 Å². The van der Waals surface area contributed by atoms with Gasteiger partial charge in [0.1, 0.15) is 0 Å². The van der Waals surface area contributed by atoms with E-state index in [0.717, 1.165) is 12.8 Å². The fourth-order valence-corrected chi connectivity index (χ4v) is 2.47. The van der Waals surface area contributed by atoms with E-state index in [1.807, 2.05) is 0 Å². The van der Waals surface area contributed by atoms with Crippen LogP contribution in [0.4, 0.5) is 0 Å². The molecule has 2 atom stereocenters. The van der Waals surface area contributed by atoms with E-state index in [4.69, 9.17) is 0 Å². The van der Waals surface area contributed by atoms with E-state index in [2.05, 4.69) is 23.5 Å². The Hall–Kier alpha value is -1.05. The van der Waals surface area contributed by atoms with E-state index < -0.39 is 18.2 Å². The molecule has 0 spiro atoms. The molecule has 0 saturated carbocycles. The van der Waals surface area contributed by atoms with Crippen LogP contribution >= 0.6 is 0 Å². The molecular weight excluding hydrogens is 304 g/mol. The number of hydrogen-bond acceptors (Lipinski definition) is 4. The number of ether oxygens (including phenoxy) is 1. The average molecular weight is 341 g/mol. The summed E-state index contributed by atoms with van der Waals surface area (Å²) in [4.78, 5) is 11.3. The first kappa shape index (κ1) is 22.9. The number of esters is 1. The highest BCUT2D eigenvalue weighted by atomic mass is 16.5. The molecule has 2 N–H and O–H groups in total. The molecule has 0 aromatic heterocycles. The van der Waals surface area contributed by atoms with Crippen LogP contribution < -0.4 is 0 Å². The van der Waals surface area contributed by atoms with E-state index >= 15 is 0 Å². The number of aliphatic hydroxyl groups is 2. The van der Waals surface area contributed by atoms with Crippen molar-refractivity contribution in [2.45, 2.75) is 103 Å². The Kier molecular flexibility index (Phi) is 16.1. The van der Waals surface area contributed by atoms with Crippen molar-refractivity contribution >= 4 is 5.97 Å². The van der Waals surface area contributed by atoms with Gasteiger partial charge in [-0.15, -0.1) is 11.8 Å². The van der Waals surface area contributed by atoms with Gasteiger partial charge in [0.25, 0.3) is 0 Å². The lowest BCUT2D eigenvalue weighted by Crippen LogP contribution is -2.35. The van der Waals surface area contributed by atoms with Gasteiger partial charge in [0, 0.05) is 12.8 Å². The second kappa shape index (κ2) is 16.8. The Morgan fingerprint density at radius 1 is 0.875 bits per heavy atom. The molecule has 0 bridgehead atoms. The molecule has 0 aliphatic heterocycles. The summed E-state index contributed by atoms with van der Waals surface area (Å²) in [6, 6.07) is 0. The van der Waals surface area contributed by atoms with Gasteiger partial charge in [-0.2, -0.15) is 0 Å². The topological polar surface area (TPSA) is 66.8 Å². The zero-order chi connectivity index (χ0) is 18.0. The highest BCUT2D eigenvalue weighted by molar-refractivity contribution is 5.75. The van der Waals surface area contributed by atoms with Crippen LogP contribution in [-0.4, -0.2) is 35.0 Å². The monoisotopic (exact) mass is 340 g/mol. The summed E-state index contributed by atoms with van der Waals surface area (Å²) < 4.78 is 4.67. The molecule has 0 unspecified atom stereocenters. The zero-order valence-electron chi connectivity index (χ0n) is 15.6. The Balaban J connectivity index is 3.49. The second-order valence-electron chi connectivity index (χ2n) is 6.23. The lowest BCUT2D eigenvalue weighted by atomic mass is 10.1. The third kappa shape index (κ3) is 13.4. The van der Waals surface area contributed by atoms with Crippen LogP contribution in [0.1, 0.15) is 90.9 Å². The molecule has 4 nitrogen and oxygen atoms in total. The number of unbranched alkanes of at least 4 members (excludes halogenated alkanes) is 9. The average Bonchev–Trinajstić information content (AvgIpc) is 2.58. The number of aliphatic hydroxyl groups excluding tert-OH is 2. The predicted octanol–water partition coefficient (Wildman–Crippen LogP) is 3.98. The molecule has 24 heavy (non-hydrogen) atoms. The minimum Gasteiger partial charge on any atom is -0.464 e. The van der Waals surface area contributed by atoms with Crippen molar-refractivity contribution in [1.29, 1.82) is 0 Å². The summed E-state index contributed by atoms with van der Waals surface area (Å²) in [5, 5.41) is 19.2. The van der Waals surface area contributed by atoms with Gasteiger partial charge in [0.05, 0.1) is 12.7 Å². The van der Waals surface area contributed by atoms with Gasteiger partial charge in [0.15, 0.2) is 6.10 Å². The minimum atomic E-state index is -1.45. The fourth-order valence-electron chi connectivity index (χ4n) is 2.47. The molecule has 0 aliphatic rings. The molecule has 0 aliphatic carbocycles. The Morgan fingerprint density at radius 3 is 2.00 bits per heavy atom. The van der Waals surface area contributed by atoms with Crippen LogP contribution in [0.25, 0.3) is 0 Å². The van der Waals surface area contributed by atoms with Gasteiger partial charge < -0.3 is 14.9 Å². The van der Waals surface area contributed by atoms with Gasteiger partial charge in [0.2, 0.25) is 0 Å². The van der Waals surface area contributed by atoms with E-state index in [0.29, 0.717) is 19.3 Å². The summed E-state index contributed by atoms with van der Waals surface area (Å²) in [5.41, 5.74) is 0. The van der Waals surface area contributed by atoms with Crippen LogP contribution in [0, 0.1) is 11.8 Å². The third-order valence-electron chi connectivity index (χ3n) is 3.97. The number of hydrogen-bond donors (Lipinski definition) is 2. The zero-order valence-corrected chi connectivity index (χ0v) is 15.6. The number of rotatable bonds is 14. The van der Waals surface area contributed by atoms with Gasteiger partial charge >= 0.3 is 5.97 Å². The Morgan fingerprint density at radius 2 is 1.42 bits per heavy atom. The quantitative estimate of drug-likeness (QED) is 0.285. The molecule has 0 radical (unpaired) electrons. The van der Waals surface area contributed by atoms with E-state index in [1.54, 1.807) is 6.92 Å². The van der Waals surface area contributed by atoms with E-state index in [9.17, 15) is 15.0 Å². The van der Waals surface area contributed by atoms with Crippen LogP contribution in [0.2, 0.25) is 0 Å². The summed E-state index contributed by atoms with van der Waals surface area (Å²) >= 11 is 0. The summed E-state index contributed by atoms with van der Waals surface area (Å²) in [5.74, 6) is 5.49. The highest BCUT2D eigenvalue weighted by Crippen LogP contribution is 2.09. The number of carbonyl (C=O) groups is 1. The van der Waals surface area contributed by atoms with Crippen molar-refractivity contribution in [3.63, 3.8) is 0 Å². The lowest BCUT2D eigenvalue weighted by Gasteiger charge is -2.15. The normalized spacial score (nSPS) is 13.0. The van der Waals surface area contributed by atoms with Gasteiger partial charge in [-0.05, 0) is 26.2 Å². The molecule has 4 heteroatoms. The highest BCUT2D eigenvalue weighted by Gasteiger charge is 2.24. The molecule has 0 aromatic rings. The smallest absolute Gasteiger partial charge is 0.337 e. The van der Waals surface area contributed by atoms with Crippen molar-refractivity contribution in [1.82, 2.24) is 0 Å². The van der Waals surface area contributed by atoms with Gasteiger partial charge in [-0.1, -0.05) is 51.9 Å². The maximum absolute atomic E-state index is 11.3. The van der Waals surface area contributed by atoms with Crippen LogP contribution in [-0.2, 0) is 9.53 Å². The molecule has 0 saturated heterocycles. The maximum Gasteiger partial charge on any atom is 0.337 e. The molecule has 0 amide bonds. The van der Waals surface area contributed by atoms with Crippen molar-refractivity contribution in [3.8, 4) is 11.8 Å². The lowest BCUT2D eigenvalue weighted by molar-refractivity contribution is -0.159. The summed E-state index contributed by atoms with van der Waals surface area (Å²) in [6.07, 6.45) is 10.6. The minimum absolute atomic E-state index is 0.201. The van der Waals surface area contributed by atoms with Crippen LogP contribution in [0.5, 0.6) is 0 Å². The molecule has 0 heterocycles. The Labute approximate surface area is 148 Å². The largest absolute Gasteiger partial charge is 0.464 e. The Bertz CT molecular complexity index is 356. The molecular formula is C20H36O4. The number of carbonyl (C=O) groups excluding carboxylic acids is 1. The molecule has 0 rings (SSSR count). The first-order chi connectivity index (χ1) is 11.6. The standard InChI is InChI=1S/C20H36O4/c1-3-5-6-7-8-9-10-11-12-13-14-15-16-17-18(21)19(22)20(23)24-4-2/h18-19,21-22H,3-12,15-17H2,1-2H3/t18-,19+/m1/s1. The van der Waals surface area contributed by atoms with Crippen molar-refractivity contribution < 1.29 is 19.7 Å². The fraction of sp³-hybridized carbons (Fsp3) is 0.850. The maximum atomic E-state index is 11.3. The first-order valence-corrected chi connectivity index (χ1v) is 9.61. The SMILES string of the molecule is CCCCCCCCCCC#CCCC[C@@H](O)[C@H](O)C(=O)OCC. The second-order valence-corrected chi connectivity index (χ2v) is 6.23. The van der Waals surface area contributed by atoms with Crippen LogP contribution in [0.3, 0.4) is 0 Å².